The number of carboxylic acids is 1. The third-order valence-corrected chi connectivity index (χ3v) is 2.98. The largest absolute Gasteiger partial charge is 0.480 e. The molecule has 2 atom stereocenters. The number of nitrogens with zero attached hydrogens (tertiary/aromatic N) is 1. The summed E-state index contributed by atoms with van der Waals surface area (Å²) in [6, 6.07) is -0.972. The standard InChI is InChI=1S/C12H18N2O4/c1-3-5-9(12(17)18)13-11(16)8-6-10(15)14(4-2)7-8/h3,8-9H,1,4-7H2,2H3,(H,13,16)(H,17,18). The smallest absolute Gasteiger partial charge is 0.326 e. The second-order valence-electron chi connectivity index (χ2n) is 4.26. The fourth-order valence-electron chi connectivity index (χ4n) is 1.93. The van der Waals surface area contributed by atoms with Crippen LogP contribution in [0, 0.1) is 5.92 Å². The number of carboxylic acid groups (broad SMARTS) is 1. The van der Waals surface area contributed by atoms with E-state index in [4.69, 9.17) is 5.11 Å². The third-order valence-electron chi connectivity index (χ3n) is 2.98. The fourth-order valence-corrected chi connectivity index (χ4v) is 1.93. The number of aliphatic carboxylic acids is 1. The van der Waals surface area contributed by atoms with E-state index >= 15 is 0 Å². The van der Waals surface area contributed by atoms with Gasteiger partial charge in [0.25, 0.3) is 0 Å². The van der Waals surface area contributed by atoms with Crippen molar-refractivity contribution in [1.82, 2.24) is 10.2 Å². The van der Waals surface area contributed by atoms with Crippen molar-refractivity contribution in [3.63, 3.8) is 0 Å². The monoisotopic (exact) mass is 254 g/mol. The van der Waals surface area contributed by atoms with Crippen LogP contribution in [0.25, 0.3) is 0 Å². The maximum absolute atomic E-state index is 11.9. The maximum atomic E-state index is 11.9. The van der Waals surface area contributed by atoms with Crippen LogP contribution in [0.2, 0.25) is 0 Å². The molecule has 100 valence electrons. The minimum absolute atomic E-state index is 0.0618. The number of carbonyl (C=O) groups is 3. The molecule has 2 amide bonds. The maximum Gasteiger partial charge on any atom is 0.326 e. The number of rotatable bonds is 6. The summed E-state index contributed by atoms with van der Waals surface area (Å²) < 4.78 is 0. The van der Waals surface area contributed by atoms with Crippen LogP contribution in [0.15, 0.2) is 12.7 Å². The van der Waals surface area contributed by atoms with Gasteiger partial charge in [-0.2, -0.15) is 0 Å². The van der Waals surface area contributed by atoms with Crippen molar-refractivity contribution >= 4 is 17.8 Å². The van der Waals surface area contributed by atoms with Gasteiger partial charge in [0.1, 0.15) is 6.04 Å². The lowest BCUT2D eigenvalue weighted by Crippen LogP contribution is -2.43. The highest BCUT2D eigenvalue weighted by molar-refractivity contribution is 5.91. The molecule has 0 aliphatic carbocycles. The van der Waals surface area contributed by atoms with Crippen molar-refractivity contribution in [2.75, 3.05) is 13.1 Å². The summed E-state index contributed by atoms with van der Waals surface area (Å²) in [5, 5.41) is 11.3. The van der Waals surface area contributed by atoms with E-state index in [-0.39, 0.29) is 24.7 Å². The van der Waals surface area contributed by atoms with Crippen LogP contribution in [0.1, 0.15) is 19.8 Å². The van der Waals surface area contributed by atoms with Gasteiger partial charge in [-0.15, -0.1) is 6.58 Å². The number of carbonyl (C=O) groups excluding carboxylic acids is 2. The Morgan fingerprint density at radius 1 is 1.67 bits per heavy atom. The van der Waals surface area contributed by atoms with Gasteiger partial charge in [-0.05, 0) is 13.3 Å². The molecular formula is C12H18N2O4. The molecule has 1 saturated heterocycles. The van der Waals surface area contributed by atoms with Crippen LogP contribution in [0.5, 0.6) is 0 Å². The fraction of sp³-hybridized carbons (Fsp3) is 0.583. The van der Waals surface area contributed by atoms with E-state index in [1.54, 1.807) is 4.90 Å². The van der Waals surface area contributed by atoms with Gasteiger partial charge in [-0.1, -0.05) is 6.08 Å². The first-order chi connectivity index (χ1) is 8.49. The Morgan fingerprint density at radius 3 is 2.78 bits per heavy atom. The number of hydrogen-bond acceptors (Lipinski definition) is 3. The molecular weight excluding hydrogens is 236 g/mol. The second kappa shape index (κ2) is 6.18. The van der Waals surface area contributed by atoms with Crippen molar-refractivity contribution in [3.8, 4) is 0 Å². The molecule has 0 spiro atoms. The lowest BCUT2D eigenvalue weighted by molar-refractivity contribution is -0.142. The lowest BCUT2D eigenvalue weighted by atomic mass is 10.1. The van der Waals surface area contributed by atoms with Crippen molar-refractivity contribution in [1.29, 1.82) is 0 Å². The minimum Gasteiger partial charge on any atom is -0.480 e. The number of amides is 2. The van der Waals surface area contributed by atoms with Gasteiger partial charge in [0.05, 0.1) is 5.92 Å². The zero-order valence-corrected chi connectivity index (χ0v) is 10.4. The molecule has 18 heavy (non-hydrogen) atoms. The molecule has 2 unspecified atom stereocenters. The molecule has 0 aromatic carbocycles. The van der Waals surface area contributed by atoms with Crippen LogP contribution >= 0.6 is 0 Å². The Morgan fingerprint density at radius 2 is 2.33 bits per heavy atom. The molecule has 1 fully saturated rings. The average molecular weight is 254 g/mol. The van der Waals surface area contributed by atoms with Gasteiger partial charge in [0, 0.05) is 19.5 Å². The van der Waals surface area contributed by atoms with E-state index in [0.717, 1.165) is 0 Å². The predicted octanol–water partition coefficient (Wildman–Crippen LogP) is 0.000300. The van der Waals surface area contributed by atoms with Gasteiger partial charge in [-0.25, -0.2) is 4.79 Å². The quantitative estimate of drug-likeness (QED) is 0.653. The first-order valence-electron chi connectivity index (χ1n) is 5.91. The Labute approximate surface area is 106 Å². The van der Waals surface area contributed by atoms with Gasteiger partial charge in [-0.3, -0.25) is 9.59 Å². The van der Waals surface area contributed by atoms with Crippen LogP contribution in [0.4, 0.5) is 0 Å². The van der Waals surface area contributed by atoms with E-state index < -0.39 is 17.9 Å². The van der Waals surface area contributed by atoms with Crippen LogP contribution in [-0.2, 0) is 14.4 Å². The van der Waals surface area contributed by atoms with E-state index in [1.165, 1.54) is 6.08 Å². The molecule has 1 aliphatic rings. The number of nitrogens with one attached hydrogen (secondary N) is 1. The molecule has 6 heteroatoms. The zero-order valence-electron chi connectivity index (χ0n) is 10.4. The summed E-state index contributed by atoms with van der Waals surface area (Å²) in [6.07, 6.45) is 1.76. The SMILES string of the molecule is C=CCC(NC(=O)C1CC(=O)N(CC)C1)C(=O)O. The highest BCUT2D eigenvalue weighted by Crippen LogP contribution is 2.17. The van der Waals surface area contributed by atoms with Crippen LogP contribution < -0.4 is 5.32 Å². The summed E-state index contributed by atoms with van der Waals surface area (Å²) in [4.78, 5) is 35.8. The normalized spacial score (nSPS) is 20.6. The first kappa shape index (κ1) is 14.2. The molecule has 0 aromatic heterocycles. The highest BCUT2D eigenvalue weighted by atomic mass is 16.4. The van der Waals surface area contributed by atoms with Gasteiger partial charge in [0.15, 0.2) is 0 Å². The molecule has 0 bridgehead atoms. The second-order valence-corrected chi connectivity index (χ2v) is 4.26. The van der Waals surface area contributed by atoms with Crippen molar-refractivity contribution in [2.45, 2.75) is 25.8 Å². The Bertz CT molecular complexity index is 367. The Kier molecular flexibility index (Phi) is 4.88. The molecule has 6 nitrogen and oxygen atoms in total. The van der Waals surface area contributed by atoms with E-state index in [2.05, 4.69) is 11.9 Å². The lowest BCUT2D eigenvalue weighted by Gasteiger charge is -2.16. The van der Waals surface area contributed by atoms with Crippen molar-refractivity contribution < 1.29 is 19.5 Å². The van der Waals surface area contributed by atoms with Crippen molar-refractivity contribution in [3.05, 3.63) is 12.7 Å². The van der Waals surface area contributed by atoms with Crippen molar-refractivity contribution in [2.24, 2.45) is 5.92 Å². The van der Waals surface area contributed by atoms with Crippen LogP contribution in [-0.4, -0.2) is 46.9 Å². The first-order valence-corrected chi connectivity index (χ1v) is 5.91. The number of likely N-dealkylation sites (tertiary alicyclic amines) is 1. The molecule has 0 radical (unpaired) electrons. The van der Waals surface area contributed by atoms with Gasteiger partial charge >= 0.3 is 5.97 Å². The topological polar surface area (TPSA) is 86.7 Å². The van der Waals surface area contributed by atoms with Gasteiger partial charge in [0.2, 0.25) is 11.8 Å². The van der Waals surface area contributed by atoms with E-state index in [9.17, 15) is 14.4 Å². The summed E-state index contributed by atoms with van der Waals surface area (Å²) in [7, 11) is 0. The molecule has 2 N–H and O–H groups in total. The molecule has 1 heterocycles. The number of hydrogen-bond donors (Lipinski definition) is 2. The van der Waals surface area contributed by atoms with E-state index in [0.29, 0.717) is 13.1 Å². The Hall–Kier alpha value is -1.85. The van der Waals surface area contributed by atoms with Gasteiger partial charge < -0.3 is 15.3 Å². The third kappa shape index (κ3) is 3.32. The summed E-state index contributed by atoms with van der Waals surface area (Å²) >= 11 is 0. The average Bonchev–Trinajstić information content (AvgIpc) is 2.69. The predicted molar refractivity (Wildman–Crippen MR) is 64.7 cm³/mol. The van der Waals surface area contributed by atoms with E-state index in [1.807, 2.05) is 6.92 Å². The molecule has 1 aliphatic heterocycles. The summed E-state index contributed by atoms with van der Waals surface area (Å²) in [5.41, 5.74) is 0. The summed E-state index contributed by atoms with van der Waals surface area (Å²) in [5.74, 6) is -1.99. The Balaban J connectivity index is 2.57. The highest BCUT2D eigenvalue weighted by Gasteiger charge is 2.34. The molecule has 0 aromatic rings. The summed E-state index contributed by atoms with van der Waals surface area (Å²) in [6.45, 7) is 6.22. The molecule has 0 saturated carbocycles. The molecule has 1 rings (SSSR count). The van der Waals surface area contributed by atoms with Crippen LogP contribution in [0.3, 0.4) is 0 Å². The zero-order chi connectivity index (χ0) is 13.7. The minimum atomic E-state index is -1.10.